The summed E-state index contributed by atoms with van der Waals surface area (Å²) >= 11 is 0. The Balaban J connectivity index is 1.70. The molecule has 0 saturated heterocycles. The van der Waals surface area contributed by atoms with Crippen LogP contribution < -0.4 is 10.1 Å². The Morgan fingerprint density at radius 3 is 2.71 bits per heavy atom. The molecule has 0 aliphatic carbocycles. The third kappa shape index (κ3) is 3.87. The summed E-state index contributed by atoms with van der Waals surface area (Å²) in [4.78, 5) is 15.2. The molecule has 7 heteroatoms. The molecule has 0 atom stereocenters. The number of fused-ring (bicyclic) bond motifs is 1. The molecule has 0 spiro atoms. The van der Waals surface area contributed by atoms with E-state index in [9.17, 15) is 18.0 Å². The Hall–Kier alpha value is -2.96. The van der Waals surface area contributed by atoms with Gasteiger partial charge in [0.1, 0.15) is 5.75 Å². The van der Waals surface area contributed by atoms with Gasteiger partial charge in [0.25, 0.3) is 0 Å². The van der Waals surface area contributed by atoms with Crippen LogP contribution in [-0.2, 0) is 11.2 Å². The third-order valence-corrected chi connectivity index (χ3v) is 3.38. The van der Waals surface area contributed by atoms with Crippen LogP contribution in [0.2, 0.25) is 0 Å². The number of benzene rings is 2. The highest BCUT2D eigenvalue weighted by molar-refractivity contribution is 5.95. The number of rotatable bonds is 4. The van der Waals surface area contributed by atoms with Crippen LogP contribution >= 0.6 is 0 Å². The normalized spacial score (nSPS) is 11.5. The molecule has 3 aromatic rings. The molecule has 0 fully saturated rings. The Labute approximate surface area is 135 Å². The molecule has 1 aromatic heterocycles. The van der Waals surface area contributed by atoms with Crippen LogP contribution in [0.15, 0.2) is 54.7 Å². The van der Waals surface area contributed by atoms with Crippen LogP contribution in [0.25, 0.3) is 10.9 Å². The molecule has 4 nitrogen and oxygen atoms in total. The number of hydrogen-bond acceptors (Lipinski definition) is 2. The van der Waals surface area contributed by atoms with E-state index >= 15 is 0 Å². The van der Waals surface area contributed by atoms with Crippen molar-refractivity contribution in [1.82, 2.24) is 4.98 Å². The lowest BCUT2D eigenvalue weighted by Crippen LogP contribution is -2.18. The molecule has 1 amide bonds. The number of carbonyl (C=O) groups excluding carboxylic acids is 1. The second kappa shape index (κ2) is 6.27. The standard InChI is InChI=1S/C17H13F3N2O2/c18-17(19,20)24-13-5-3-4-12(9-13)22-16(23)8-11-10-21-15-7-2-1-6-14(11)15/h1-7,9-10,21H,8H2,(H,22,23). The van der Waals surface area contributed by atoms with Crippen LogP contribution in [0.3, 0.4) is 0 Å². The molecule has 2 N–H and O–H groups in total. The summed E-state index contributed by atoms with van der Waals surface area (Å²) in [5.74, 6) is -0.712. The van der Waals surface area contributed by atoms with Gasteiger partial charge in [-0.15, -0.1) is 13.2 Å². The van der Waals surface area contributed by atoms with Crippen molar-refractivity contribution in [2.45, 2.75) is 12.8 Å². The van der Waals surface area contributed by atoms with Crippen molar-refractivity contribution in [2.75, 3.05) is 5.32 Å². The van der Waals surface area contributed by atoms with Crippen molar-refractivity contribution in [3.05, 3.63) is 60.3 Å². The molecule has 3 rings (SSSR count). The van der Waals surface area contributed by atoms with E-state index in [0.717, 1.165) is 22.5 Å². The van der Waals surface area contributed by atoms with Crippen molar-refractivity contribution in [2.24, 2.45) is 0 Å². The quantitative estimate of drug-likeness (QED) is 0.749. The van der Waals surface area contributed by atoms with Crippen molar-refractivity contribution in [1.29, 1.82) is 0 Å². The molecule has 0 unspecified atom stereocenters. The number of halogens is 3. The summed E-state index contributed by atoms with van der Waals surface area (Å²) in [6, 6.07) is 12.7. The fraction of sp³-hybridized carbons (Fsp3) is 0.118. The Kier molecular flexibility index (Phi) is 4.16. The van der Waals surface area contributed by atoms with Gasteiger partial charge in [-0.25, -0.2) is 0 Å². The van der Waals surface area contributed by atoms with Gasteiger partial charge in [-0.05, 0) is 23.8 Å². The van der Waals surface area contributed by atoms with Gasteiger partial charge in [0.05, 0.1) is 6.42 Å². The predicted octanol–water partition coefficient (Wildman–Crippen LogP) is 4.25. The van der Waals surface area contributed by atoms with Gasteiger partial charge in [-0.3, -0.25) is 4.79 Å². The molecule has 24 heavy (non-hydrogen) atoms. The van der Waals surface area contributed by atoms with Gasteiger partial charge in [-0.2, -0.15) is 0 Å². The summed E-state index contributed by atoms with van der Waals surface area (Å²) in [7, 11) is 0. The summed E-state index contributed by atoms with van der Waals surface area (Å²) in [5.41, 5.74) is 1.97. The molecule has 0 aliphatic rings. The van der Waals surface area contributed by atoms with E-state index < -0.39 is 6.36 Å². The number of amides is 1. The Morgan fingerprint density at radius 1 is 1.12 bits per heavy atom. The first-order valence-corrected chi connectivity index (χ1v) is 7.11. The topological polar surface area (TPSA) is 54.1 Å². The molecule has 124 valence electrons. The molecule has 0 bridgehead atoms. The van der Waals surface area contributed by atoms with Gasteiger partial charge >= 0.3 is 6.36 Å². The van der Waals surface area contributed by atoms with Gasteiger partial charge in [0.15, 0.2) is 0 Å². The molecule has 2 aromatic carbocycles. The van der Waals surface area contributed by atoms with Gasteiger partial charge in [0.2, 0.25) is 5.91 Å². The zero-order valence-electron chi connectivity index (χ0n) is 12.4. The summed E-state index contributed by atoms with van der Waals surface area (Å²) in [6.07, 6.45) is -2.92. The first-order chi connectivity index (χ1) is 11.4. The molecule has 0 aliphatic heterocycles. The van der Waals surface area contributed by atoms with Crippen LogP contribution in [0.1, 0.15) is 5.56 Å². The number of alkyl halides is 3. The van der Waals surface area contributed by atoms with Crippen LogP contribution in [0, 0.1) is 0 Å². The molecule has 0 radical (unpaired) electrons. The predicted molar refractivity (Wildman–Crippen MR) is 83.8 cm³/mol. The number of para-hydroxylation sites is 1. The second-order valence-corrected chi connectivity index (χ2v) is 5.16. The molecule has 1 heterocycles. The smallest absolute Gasteiger partial charge is 0.406 e. The summed E-state index contributed by atoms with van der Waals surface area (Å²) in [5, 5.41) is 3.50. The van der Waals surface area contributed by atoms with Gasteiger partial charge < -0.3 is 15.0 Å². The Morgan fingerprint density at radius 2 is 1.92 bits per heavy atom. The number of ether oxygens (including phenoxy) is 1. The number of hydrogen-bond donors (Lipinski definition) is 2. The minimum atomic E-state index is -4.77. The largest absolute Gasteiger partial charge is 0.573 e. The first-order valence-electron chi connectivity index (χ1n) is 7.11. The monoisotopic (exact) mass is 334 g/mol. The summed E-state index contributed by atoms with van der Waals surface area (Å²) in [6.45, 7) is 0. The third-order valence-electron chi connectivity index (χ3n) is 3.38. The Bertz CT molecular complexity index is 871. The van der Waals surface area contributed by atoms with Gasteiger partial charge in [0, 0.05) is 28.9 Å². The number of aromatic nitrogens is 1. The average molecular weight is 334 g/mol. The molecular formula is C17H13F3N2O2. The highest BCUT2D eigenvalue weighted by atomic mass is 19.4. The van der Waals surface area contributed by atoms with Crippen LogP contribution in [-0.4, -0.2) is 17.3 Å². The highest BCUT2D eigenvalue weighted by Gasteiger charge is 2.31. The van der Waals surface area contributed by atoms with E-state index in [1.807, 2.05) is 24.3 Å². The first kappa shape index (κ1) is 15.9. The van der Waals surface area contributed by atoms with Crippen molar-refractivity contribution >= 4 is 22.5 Å². The summed E-state index contributed by atoms with van der Waals surface area (Å²) < 4.78 is 40.5. The maximum atomic E-state index is 12.2. The fourth-order valence-corrected chi connectivity index (χ4v) is 2.43. The zero-order chi connectivity index (χ0) is 17.2. The van der Waals surface area contributed by atoms with E-state index in [1.165, 1.54) is 18.2 Å². The minimum Gasteiger partial charge on any atom is -0.406 e. The van der Waals surface area contributed by atoms with Crippen LogP contribution in [0.4, 0.5) is 18.9 Å². The average Bonchev–Trinajstić information content (AvgIpc) is 2.89. The fourth-order valence-electron chi connectivity index (χ4n) is 2.43. The highest BCUT2D eigenvalue weighted by Crippen LogP contribution is 2.25. The lowest BCUT2D eigenvalue weighted by atomic mass is 10.1. The zero-order valence-corrected chi connectivity index (χ0v) is 12.4. The van der Waals surface area contributed by atoms with E-state index in [2.05, 4.69) is 15.0 Å². The van der Waals surface area contributed by atoms with E-state index in [4.69, 9.17) is 0 Å². The van der Waals surface area contributed by atoms with E-state index in [-0.39, 0.29) is 23.8 Å². The number of aromatic amines is 1. The number of H-pyrrole nitrogens is 1. The number of carbonyl (C=O) groups is 1. The van der Waals surface area contributed by atoms with Crippen molar-refractivity contribution in [3.8, 4) is 5.75 Å². The van der Waals surface area contributed by atoms with Gasteiger partial charge in [-0.1, -0.05) is 24.3 Å². The lowest BCUT2D eigenvalue weighted by Gasteiger charge is -2.10. The minimum absolute atomic E-state index is 0.106. The maximum Gasteiger partial charge on any atom is 0.573 e. The lowest BCUT2D eigenvalue weighted by molar-refractivity contribution is -0.274. The van der Waals surface area contributed by atoms with Crippen molar-refractivity contribution in [3.63, 3.8) is 0 Å². The van der Waals surface area contributed by atoms with E-state index in [0.29, 0.717) is 0 Å². The molecule has 0 saturated carbocycles. The van der Waals surface area contributed by atoms with Crippen molar-refractivity contribution < 1.29 is 22.7 Å². The SMILES string of the molecule is O=C(Cc1c[nH]c2ccccc12)Nc1cccc(OC(F)(F)F)c1. The van der Waals surface area contributed by atoms with Crippen LogP contribution in [0.5, 0.6) is 5.75 Å². The second-order valence-electron chi connectivity index (χ2n) is 5.16. The number of nitrogens with one attached hydrogen (secondary N) is 2. The number of anilines is 1. The maximum absolute atomic E-state index is 12.2. The molecular weight excluding hydrogens is 321 g/mol. The van der Waals surface area contributed by atoms with E-state index in [1.54, 1.807) is 6.20 Å².